The van der Waals surface area contributed by atoms with E-state index in [2.05, 4.69) is 0 Å². The minimum Gasteiger partial charge on any atom is -0.493 e. The molecule has 34 heavy (non-hydrogen) atoms. The van der Waals surface area contributed by atoms with Crippen molar-refractivity contribution in [2.45, 2.75) is 20.4 Å². The first-order valence-corrected chi connectivity index (χ1v) is 11.4. The van der Waals surface area contributed by atoms with Gasteiger partial charge in [-0.25, -0.2) is 4.79 Å². The SMILES string of the molecule is COc1ccc(/C=C2\SC(=O)N(Cc3ccccc3C)C2=O)cc1OC(=O)c1ccc(C)cc1. The van der Waals surface area contributed by atoms with Crippen LogP contribution in [0.2, 0.25) is 0 Å². The molecular formula is C27H23NO5S. The van der Waals surface area contributed by atoms with Crippen molar-refractivity contribution in [3.63, 3.8) is 0 Å². The molecule has 1 fully saturated rings. The fourth-order valence-electron chi connectivity index (χ4n) is 3.46. The Hall–Kier alpha value is -3.84. The number of hydrogen-bond donors (Lipinski definition) is 0. The quantitative estimate of drug-likeness (QED) is 0.257. The number of aryl methyl sites for hydroxylation is 2. The molecule has 0 aliphatic carbocycles. The number of rotatable bonds is 6. The minimum absolute atomic E-state index is 0.219. The van der Waals surface area contributed by atoms with Gasteiger partial charge >= 0.3 is 5.97 Å². The number of imide groups is 1. The molecule has 1 saturated heterocycles. The molecule has 0 N–H and O–H groups in total. The highest BCUT2D eigenvalue weighted by Crippen LogP contribution is 2.35. The van der Waals surface area contributed by atoms with E-state index < -0.39 is 5.97 Å². The summed E-state index contributed by atoms with van der Waals surface area (Å²) >= 11 is 0.889. The Labute approximate surface area is 202 Å². The van der Waals surface area contributed by atoms with E-state index in [0.29, 0.717) is 21.8 Å². The molecule has 172 valence electrons. The van der Waals surface area contributed by atoms with Crippen molar-refractivity contribution in [3.05, 3.63) is 99.5 Å². The lowest BCUT2D eigenvalue weighted by Gasteiger charge is -2.14. The molecule has 4 rings (SSSR count). The van der Waals surface area contributed by atoms with Crippen LogP contribution in [0.3, 0.4) is 0 Å². The molecule has 1 aliphatic rings. The Bertz CT molecular complexity index is 1300. The molecule has 6 nitrogen and oxygen atoms in total. The van der Waals surface area contributed by atoms with Crippen LogP contribution in [0.25, 0.3) is 6.08 Å². The molecule has 0 radical (unpaired) electrons. The van der Waals surface area contributed by atoms with Gasteiger partial charge in [-0.1, -0.05) is 48.0 Å². The number of esters is 1. The third kappa shape index (κ3) is 5.05. The molecule has 0 bridgehead atoms. The molecule has 0 spiro atoms. The van der Waals surface area contributed by atoms with E-state index in [1.807, 2.05) is 50.2 Å². The van der Waals surface area contributed by atoms with Gasteiger partial charge in [0.25, 0.3) is 11.1 Å². The number of ether oxygens (including phenoxy) is 2. The van der Waals surface area contributed by atoms with Crippen LogP contribution in [0.1, 0.15) is 32.6 Å². The lowest BCUT2D eigenvalue weighted by atomic mass is 10.1. The Morgan fingerprint density at radius 2 is 1.71 bits per heavy atom. The summed E-state index contributed by atoms with van der Waals surface area (Å²) in [6, 6.07) is 19.7. The van der Waals surface area contributed by atoms with E-state index in [4.69, 9.17) is 9.47 Å². The zero-order chi connectivity index (χ0) is 24.2. The van der Waals surface area contributed by atoms with Crippen LogP contribution in [0.15, 0.2) is 71.6 Å². The number of methoxy groups -OCH3 is 1. The summed E-state index contributed by atoms with van der Waals surface area (Å²) in [7, 11) is 1.48. The zero-order valence-electron chi connectivity index (χ0n) is 19.0. The van der Waals surface area contributed by atoms with Gasteiger partial charge in [0, 0.05) is 0 Å². The van der Waals surface area contributed by atoms with E-state index >= 15 is 0 Å². The predicted molar refractivity (Wildman–Crippen MR) is 132 cm³/mol. The lowest BCUT2D eigenvalue weighted by molar-refractivity contribution is -0.123. The Kier molecular flexibility index (Phi) is 6.84. The summed E-state index contributed by atoms with van der Waals surface area (Å²) in [5.74, 6) is -0.271. The average molecular weight is 474 g/mol. The Morgan fingerprint density at radius 3 is 2.41 bits per heavy atom. The highest BCUT2D eigenvalue weighted by atomic mass is 32.2. The number of thioether (sulfide) groups is 1. The standard InChI is InChI=1S/C27H23NO5S/c1-17-8-11-20(12-9-17)26(30)33-23-14-19(10-13-22(23)32-3)15-24-25(29)28(27(31)34-24)16-21-7-5-4-6-18(21)2/h4-15H,16H2,1-3H3/b24-15-. The molecule has 2 amide bonds. The van der Waals surface area contributed by atoms with Gasteiger partial charge in [-0.2, -0.15) is 0 Å². The summed E-state index contributed by atoms with van der Waals surface area (Å²) < 4.78 is 10.9. The van der Waals surface area contributed by atoms with Crippen molar-refractivity contribution in [2.75, 3.05) is 7.11 Å². The number of carbonyl (C=O) groups is 3. The number of carbonyl (C=O) groups excluding carboxylic acids is 3. The Balaban J connectivity index is 1.56. The first-order valence-electron chi connectivity index (χ1n) is 10.6. The predicted octanol–water partition coefficient (Wildman–Crippen LogP) is 5.77. The lowest BCUT2D eigenvalue weighted by Crippen LogP contribution is -2.27. The van der Waals surface area contributed by atoms with Crippen molar-refractivity contribution < 1.29 is 23.9 Å². The van der Waals surface area contributed by atoms with E-state index in [1.165, 1.54) is 12.0 Å². The maximum atomic E-state index is 12.9. The van der Waals surface area contributed by atoms with Crippen molar-refractivity contribution in [3.8, 4) is 11.5 Å². The summed E-state index contributed by atoms with van der Waals surface area (Å²) in [4.78, 5) is 39.6. The van der Waals surface area contributed by atoms with E-state index in [0.717, 1.165) is 28.5 Å². The molecule has 3 aromatic rings. The van der Waals surface area contributed by atoms with Crippen molar-refractivity contribution in [1.82, 2.24) is 4.90 Å². The second-order valence-corrected chi connectivity index (χ2v) is 8.85. The number of benzene rings is 3. The average Bonchev–Trinajstić information content (AvgIpc) is 3.08. The first-order chi connectivity index (χ1) is 16.4. The monoisotopic (exact) mass is 473 g/mol. The van der Waals surface area contributed by atoms with Gasteiger partial charge < -0.3 is 9.47 Å². The summed E-state index contributed by atoms with van der Waals surface area (Å²) in [6.45, 7) is 4.10. The van der Waals surface area contributed by atoms with Crippen LogP contribution in [-0.4, -0.2) is 29.1 Å². The normalized spacial score (nSPS) is 14.6. The molecule has 0 unspecified atom stereocenters. The second kappa shape index (κ2) is 9.97. The molecule has 1 heterocycles. The first kappa shape index (κ1) is 23.3. The minimum atomic E-state index is -0.519. The molecule has 0 aromatic heterocycles. The van der Waals surface area contributed by atoms with Crippen molar-refractivity contribution in [1.29, 1.82) is 0 Å². The van der Waals surface area contributed by atoms with Gasteiger partial charge in [-0.15, -0.1) is 0 Å². The largest absolute Gasteiger partial charge is 0.493 e. The van der Waals surface area contributed by atoms with E-state index in [-0.39, 0.29) is 23.4 Å². The summed E-state index contributed by atoms with van der Waals surface area (Å²) in [6.07, 6.45) is 1.62. The van der Waals surface area contributed by atoms with Gasteiger partial charge in [-0.05, 0) is 72.6 Å². The number of amides is 2. The van der Waals surface area contributed by atoms with Crippen LogP contribution in [0, 0.1) is 13.8 Å². The molecule has 0 saturated carbocycles. The molecule has 1 aliphatic heterocycles. The summed E-state index contributed by atoms with van der Waals surface area (Å²) in [5.41, 5.74) is 3.98. The maximum Gasteiger partial charge on any atom is 0.343 e. The van der Waals surface area contributed by atoms with Gasteiger partial charge in [-0.3, -0.25) is 14.5 Å². The van der Waals surface area contributed by atoms with Crippen LogP contribution in [-0.2, 0) is 11.3 Å². The van der Waals surface area contributed by atoms with E-state index in [1.54, 1.807) is 36.4 Å². The molecule has 0 atom stereocenters. The summed E-state index contributed by atoms with van der Waals surface area (Å²) in [5, 5.41) is -0.320. The fraction of sp³-hybridized carbons (Fsp3) is 0.148. The smallest absolute Gasteiger partial charge is 0.343 e. The highest BCUT2D eigenvalue weighted by molar-refractivity contribution is 8.18. The van der Waals surface area contributed by atoms with Crippen LogP contribution < -0.4 is 9.47 Å². The van der Waals surface area contributed by atoms with Crippen LogP contribution in [0.4, 0.5) is 4.79 Å². The maximum absolute atomic E-state index is 12.9. The van der Waals surface area contributed by atoms with Crippen LogP contribution >= 0.6 is 11.8 Å². The van der Waals surface area contributed by atoms with E-state index in [9.17, 15) is 14.4 Å². The third-order valence-corrected chi connectivity index (χ3v) is 6.35. The van der Waals surface area contributed by atoms with Crippen molar-refractivity contribution >= 4 is 35.0 Å². The molecule has 3 aromatic carbocycles. The van der Waals surface area contributed by atoms with Gasteiger partial charge in [0.1, 0.15) is 0 Å². The number of nitrogens with zero attached hydrogens (tertiary/aromatic N) is 1. The topological polar surface area (TPSA) is 72.9 Å². The number of hydrogen-bond acceptors (Lipinski definition) is 6. The van der Waals surface area contributed by atoms with Gasteiger partial charge in [0.2, 0.25) is 0 Å². The van der Waals surface area contributed by atoms with Crippen molar-refractivity contribution in [2.24, 2.45) is 0 Å². The molecular weight excluding hydrogens is 450 g/mol. The highest BCUT2D eigenvalue weighted by Gasteiger charge is 2.35. The zero-order valence-corrected chi connectivity index (χ0v) is 19.8. The molecule has 7 heteroatoms. The third-order valence-electron chi connectivity index (χ3n) is 5.44. The van der Waals surface area contributed by atoms with Crippen LogP contribution in [0.5, 0.6) is 11.5 Å². The van der Waals surface area contributed by atoms with Gasteiger partial charge in [0.15, 0.2) is 11.5 Å². The second-order valence-electron chi connectivity index (χ2n) is 7.86. The Morgan fingerprint density at radius 1 is 0.971 bits per heavy atom. The fourth-order valence-corrected chi connectivity index (χ4v) is 4.30. The van der Waals surface area contributed by atoms with Gasteiger partial charge in [0.05, 0.1) is 24.1 Å².